The van der Waals surface area contributed by atoms with E-state index in [1.807, 2.05) is 12.3 Å². The predicted molar refractivity (Wildman–Crippen MR) is 127 cm³/mol. The number of hydrogen-bond acceptors (Lipinski definition) is 8. The summed E-state index contributed by atoms with van der Waals surface area (Å²) in [4.78, 5) is 58.4. The smallest absolute Gasteiger partial charge is 0.348 e. The summed E-state index contributed by atoms with van der Waals surface area (Å²) in [5.41, 5.74) is 2.30. The van der Waals surface area contributed by atoms with E-state index in [4.69, 9.17) is 9.25 Å². The standard InChI is InChI=1S/C25H20N2O6S/c1-14-13-34-24-22(14)25(31)32-21(26-24)11-17-7-9-18(10-8-17)23(30)19-5-4-6-20(12-19)27(15(2)28)33-16(3)29/h4-10,12-13H,11H2,1-3H3. The van der Waals surface area contributed by atoms with Gasteiger partial charge in [-0.25, -0.2) is 14.6 Å². The first-order valence-electron chi connectivity index (χ1n) is 10.3. The number of benzene rings is 2. The van der Waals surface area contributed by atoms with Crippen molar-refractivity contribution in [2.45, 2.75) is 27.2 Å². The summed E-state index contributed by atoms with van der Waals surface area (Å²) in [6.45, 7) is 4.29. The third kappa shape index (κ3) is 4.79. The number of ketones is 1. The summed E-state index contributed by atoms with van der Waals surface area (Å²) in [6, 6.07) is 13.1. The van der Waals surface area contributed by atoms with E-state index in [-0.39, 0.29) is 11.5 Å². The number of hydroxylamine groups is 1. The van der Waals surface area contributed by atoms with Gasteiger partial charge in [0.2, 0.25) is 5.89 Å². The number of carbonyl (C=O) groups excluding carboxylic acids is 3. The average molecular weight is 477 g/mol. The van der Waals surface area contributed by atoms with E-state index in [2.05, 4.69) is 4.98 Å². The van der Waals surface area contributed by atoms with Crippen LogP contribution in [0.3, 0.4) is 0 Å². The largest absolute Gasteiger partial charge is 0.407 e. The number of thiophene rings is 1. The van der Waals surface area contributed by atoms with Crippen molar-refractivity contribution in [1.29, 1.82) is 0 Å². The Morgan fingerprint density at radius 3 is 2.47 bits per heavy atom. The molecular formula is C25H20N2O6S. The molecule has 2 aromatic carbocycles. The van der Waals surface area contributed by atoms with Crippen LogP contribution < -0.4 is 10.7 Å². The van der Waals surface area contributed by atoms with Crippen molar-refractivity contribution in [1.82, 2.24) is 4.98 Å². The summed E-state index contributed by atoms with van der Waals surface area (Å²) in [6.07, 6.45) is 0.308. The van der Waals surface area contributed by atoms with Crippen molar-refractivity contribution in [3.05, 3.63) is 92.5 Å². The molecule has 0 aliphatic rings. The van der Waals surface area contributed by atoms with E-state index in [9.17, 15) is 19.2 Å². The van der Waals surface area contributed by atoms with Gasteiger partial charge in [0.05, 0.1) is 11.1 Å². The first-order valence-corrected chi connectivity index (χ1v) is 11.2. The molecule has 0 spiro atoms. The van der Waals surface area contributed by atoms with E-state index in [0.29, 0.717) is 33.7 Å². The number of rotatable bonds is 5. The van der Waals surface area contributed by atoms with Gasteiger partial charge in [0.15, 0.2) is 5.78 Å². The molecule has 4 aromatic rings. The van der Waals surface area contributed by atoms with Crippen LogP contribution in [0.5, 0.6) is 0 Å². The van der Waals surface area contributed by atoms with Crippen LogP contribution in [-0.4, -0.2) is 22.6 Å². The Hall–Kier alpha value is -4.11. The number of carbonyl (C=O) groups is 3. The van der Waals surface area contributed by atoms with Crippen molar-refractivity contribution >= 4 is 44.9 Å². The van der Waals surface area contributed by atoms with Crippen molar-refractivity contribution in [2.75, 3.05) is 5.06 Å². The number of amides is 1. The highest BCUT2D eigenvalue weighted by Crippen LogP contribution is 2.22. The first kappa shape index (κ1) is 23.1. The fraction of sp³-hybridized carbons (Fsp3) is 0.160. The molecule has 0 aliphatic heterocycles. The molecule has 0 atom stereocenters. The fourth-order valence-corrected chi connectivity index (χ4v) is 4.37. The third-order valence-electron chi connectivity index (χ3n) is 5.02. The Balaban J connectivity index is 1.54. The monoisotopic (exact) mass is 476 g/mol. The second-order valence-electron chi connectivity index (χ2n) is 7.64. The van der Waals surface area contributed by atoms with Gasteiger partial charge in [0.25, 0.3) is 5.91 Å². The van der Waals surface area contributed by atoms with Gasteiger partial charge in [-0.3, -0.25) is 9.59 Å². The Morgan fingerprint density at radius 2 is 1.79 bits per heavy atom. The first-order chi connectivity index (χ1) is 16.2. The van der Waals surface area contributed by atoms with Crippen LogP contribution in [0.25, 0.3) is 10.2 Å². The predicted octanol–water partition coefficient (Wildman–Crippen LogP) is 4.21. The minimum absolute atomic E-state index is 0.264. The summed E-state index contributed by atoms with van der Waals surface area (Å²) in [5, 5.41) is 3.22. The Morgan fingerprint density at radius 1 is 1.06 bits per heavy atom. The summed E-state index contributed by atoms with van der Waals surface area (Å²) in [7, 11) is 0. The highest BCUT2D eigenvalue weighted by atomic mass is 32.1. The van der Waals surface area contributed by atoms with Crippen molar-refractivity contribution in [2.24, 2.45) is 0 Å². The van der Waals surface area contributed by atoms with Gasteiger partial charge in [-0.15, -0.1) is 16.4 Å². The summed E-state index contributed by atoms with van der Waals surface area (Å²) < 4.78 is 5.37. The number of aromatic nitrogens is 1. The quantitative estimate of drug-likeness (QED) is 0.314. The van der Waals surface area contributed by atoms with Crippen LogP contribution >= 0.6 is 11.3 Å². The molecule has 172 valence electrons. The molecule has 0 bridgehead atoms. The van der Waals surface area contributed by atoms with Gasteiger partial charge < -0.3 is 9.25 Å². The SMILES string of the molecule is CC(=O)ON(C(C)=O)c1cccc(C(=O)c2ccc(Cc3nc4scc(C)c4c(=O)o3)cc2)c1. The molecule has 0 aliphatic carbocycles. The van der Waals surface area contributed by atoms with Gasteiger partial charge in [0, 0.05) is 31.4 Å². The molecule has 0 saturated heterocycles. The minimum Gasteiger partial charge on any atom is -0.407 e. The second kappa shape index (κ2) is 9.40. The average Bonchev–Trinajstić information content (AvgIpc) is 3.18. The number of aryl methyl sites for hydroxylation is 1. The zero-order valence-electron chi connectivity index (χ0n) is 18.7. The molecule has 34 heavy (non-hydrogen) atoms. The van der Waals surface area contributed by atoms with Crippen molar-refractivity contribution in [3.8, 4) is 0 Å². The number of anilines is 1. The van der Waals surface area contributed by atoms with Crippen LogP contribution in [0, 0.1) is 6.92 Å². The van der Waals surface area contributed by atoms with E-state index in [1.54, 1.807) is 42.5 Å². The van der Waals surface area contributed by atoms with Gasteiger partial charge in [-0.05, 0) is 35.6 Å². The minimum atomic E-state index is -0.652. The normalized spacial score (nSPS) is 10.8. The lowest BCUT2D eigenvalue weighted by atomic mass is 10.0. The maximum atomic E-state index is 13.0. The molecule has 4 rings (SSSR count). The van der Waals surface area contributed by atoms with Gasteiger partial charge >= 0.3 is 11.6 Å². The van der Waals surface area contributed by atoms with Crippen molar-refractivity contribution in [3.63, 3.8) is 0 Å². The molecule has 0 N–H and O–H groups in total. The Bertz CT molecular complexity index is 1470. The number of nitrogens with zero attached hydrogens (tertiary/aromatic N) is 2. The topological polar surface area (TPSA) is 107 Å². The van der Waals surface area contributed by atoms with E-state index >= 15 is 0 Å². The molecule has 0 radical (unpaired) electrons. The van der Waals surface area contributed by atoms with Crippen LogP contribution in [0.15, 0.2) is 63.1 Å². The molecule has 0 saturated carbocycles. The molecule has 0 unspecified atom stereocenters. The lowest BCUT2D eigenvalue weighted by Gasteiger charge is -2.19. The summed E-state index contributed by atoms with van der Waals surface area (Å²) in [5.74, 6) is -1.11. The van der Waals surface area contributed by atoms with Gasteiger partial charge in [0.1, 0.15) is 4.83 Å². The second-order valence-corrected chi connectivity index (χ2v) is 8.50. The molecule has 1 amide bonds. The molecule has 8 nitrogen and oxygen atoms in total. The maximum absolute atomic E-state index is 13.0. The Labute approximate surface area is 198 Å². The van der Waals surface area contributed by atoms with Gasteiger partial charge in [-0.2, -0.15) is 0 Å². The molecular weight excluding hydrogens is 456 g/mol. The zero-order chi connectivity index (χ0) is 24.4. The van der Waals surface area contributed by atoms with Crippen LogP contribution in [0.2, 0.25) is 0 Å². The van der Waals surface area contributed by atoms with E-state index in [0.717, 1.165) is 16.2 Å². The van der Waals surface area contributed by atoms with Crippen LogP contribution in [-0.2, 0) is 20.8 Å². The lowest BCUT2D eigenvalue weighted by molar-refractivity contribution is -0.147. The fourth-order valence-electron chi connectivity index (χ4n) is 3.45. The van der Waals surface area contributed by atoms with Gasteiger partial charge in [-0.1, -0.05) is 36.4 Å². The number of fused-ring (bicyclic) bond motifs is 1. The van der Waals surface area contributed by atoms with Crippen LogP contribution in [0.4, 0.5) is 5.69 Å². The van der Waals surface area contributed by atoms with Crippen molar-refractivity contribution < 1.29 is 23.6 Å². The molecule has 0 fully saturated rings. The molecule has 2 aromatic heterocycles. The highest BCUT2D eigenvalue weighted by molar-refractivity contribution is 7.16. The van der Waals surface area contributed by atoms with Crippen LogP contribution in [0.1, 0.15) is 46.8 Å². The third-order valence-corrected chi connectivity index (χ3v) is 6.01. The Kier molecular flexibility index (Phi) is 6.38. The van der Waals surface area contributed by atoms with E-state index < -0.39 is 17.5 Å². The maximum Gasteiger partial charge on any atom is 0.348 e. The van der Waals surface area contributed by atoms with E-state index in [1.165, 1.54) is 31.3 Å². The highest BCUT2D eigenvalue weighted by Gasteiger charge is 2.18. The molecule has 9 heteroatoms. The summed E-state index contributed by atoms with van der Waals surface area (Å²) >= 11 is 1.40. The zero-order valence-corrected chi connectivity index (χ0v) is 19.5. The lowest BCUT2D eigenvalue weighted by Crippen LogP contribution is -2.30. The molecule has 2 heterocycles. The number of hydrogen-bond donors (Lipinski definition) is 0.